The molecular weight excluding hydrogens is 309 g/mol. The molecule has 0 aliphatic heterocycles. The molecule has 0 N–H and O–H groups in total. The van der Waals surface area contributed by atoms with Gasteiger partial charge in [0.15, 0.2) is 11.6 Å². The van der Waals surface area contributed by atoms with E-state index < -0.39 is 11.7 Å². The lowest BCUT2D eigenvalue weighted by atomic mass is 10.2. The number of imidazole rings is 1. The third-order valence-corrected chi connectivity index (χ3v) is 3.48. The molecule has 0 saturated heterocycles. The van der Waals surface area contributed by atoms with Gasteiger partial charge in [-0.3, -0.25) is 0 Å². The van der Waals surface area contributed by atoms with Crippen LogP contribution < -0.4 is 0 Å². The highest BCUT2D eigenvalue weighted by Gasteiger charge is 2.31. The second-order valence-electron chi connectivity index (χ2n) is 4.96. The molecule has 7 heteroatoms. The predicted octanol–water partition coefficient (Wildman–Crippen LogP) is 4.35. The molecule has 2 aromatic heterocycles. The number of halogens is 3. The number of aromatic nitrogens is 2. The van der Waals surface area contributed by atoms with Crippen LogP contribution in [0.4, 0.5) is 13.2 Å². The maximum Gasteiger partial charge on any atom is 0.416 e. The predicted molar refractivity (Wildman–Crippen MR) is 78.9 cm³/mol. The number of benzene rings is 1. The highest BCUT2D eigenvalue weighted by Crippen LogP contribution is 2.33. The highest BCUT2D eigenvalue weighted by molar-refractivity contribution is 5.80. The molecule has 122 valence electrons. The van der Waals surface area contributed by atoms with Gasteiger partial charge < -0.3 is 13.7 Å². The SMILES string of the molecule is CCOCCn1c(-c2ccco2)nc2cc(C(F)(F)F)ccc21. The summed E-state index contributed by atoms with van der Waals surface area (Å²) in [6, 6.07) is 6.99. The summed E-state index contributed by atoms with van der Waals surface area (Å²) in [4.78, 5) is 4.32. The normalized spacial score (nSPS) is 12.2. The summed E-state index contributed by atoms with van der Waals surface area (Å²) >= 11 is 0. The van der Waals surface area contributed by atoms with Gasteiger partial charge in [0, 0.05) is 13.2 Å². The molecule has 3 aromatic rings. The first-order valence-electron chi connectivity index (χ1n) is 7.20. The van der Waals surface area contributed by atoms with Gasteiger partial charge >= 0.3 is 6.18 Å². The molecule has 0 spiro atoms. The van der Waals surface area contributed by atoms with Crippen molar-refractivity contribution in [2.24, 2.45) is 0 Å². The average Bonchev–Trinajstić information content (AvgIpc) is 3.13. The topological polar surface area (TPSA) is 40.2 Å². The van der Waals surface area contributed by atoms with Crippen molar-refractivity contribution < 1.29 is 22.3 Å². The molecule has 0 saturated carbocycles. The zero-order chi connectivity index (χ0) is 16.4. The van der Waals surface area contributed by atoms with Crippen LogP contribution in [0.2, 0.25) is 0 Å². The van der Waals surface area contributed by atoms with E-state index >= 15 is 0 Å². The quantitative estimate of drug-likeness (QED) is 0.655. The van der Waals surface area contributed by atoms with Crippen LogP contribution in [0.5, 0.6) is 0 Å². The number of furan rings is 1. The van der Waals surface area contributed by atoms with Crippen LogP contribution in [0.15, 0.2) is 41.0 Å². The zero-order valence-corrected chi connectivity index (χ0v) is 12.4. The van der Waals surface area contributed by atoms with Crippen molar-refractivity contribution >= 4 is 11.0 Å². The van der Waals surface area contributed by atoms with Crippen LogP contribution in [-0.4, -0.2) is 22.8 Å². The molecule has 4 nitrogen and oxygen atoms in total. The van der Waals surface area contributed by atoms with Crippen LogP contribution >= 0.6 is 0 Å². The molecule has 0 aliphatic rings. The molecule has 0 fully saturated rings. The van der Waals surface area contributed by atoms with Crippen molar-refractivity contribution in [1.29, 1.82) is 0 Å². The van der Waals surface area contributed by atoms with E-state index in [-0.39, 0.29) is 5.52 Å². The number of fused-ring (bicyclic) bond motifs is 1. The smallest absolute Gasteiger partial charge is 0.416 e. The molecule has 0 amide bonds. The van der Waals surface area contributed by atoms with Crippen LogP contribution in [0.3, 0.4) is 0 Å². The first-order valence-corrected chi connectivity index (χ1v) is 7.20. The summed E-state index contributed by atoms with van der Waals surface area (Å²) < 4.78 is 51.1. The van der Waals surface area contributed by atoms with Crippen LogP contribution in [-0.2, 0) is 17.5 Å². The third kappa shape index (κ3) is 3.10. The Morgan fingerprint density at radius 3 is 2.74 bits per heavy atom. The average molecular weight is 324 g/mol. The molecule has 0 unspecified atom stereocenters. The molecule has 1 aromatic carbocycles. The van der Waals surface area contributed by atoms with Crippen LogP contribution in [0.1, 0.15) is 12.5 Å². The molecule has 0 bridgehead atoms. The van der Waals surface area contributed by atoms with Crippen molar-refractivity contribution in [2.45, 2.75) is 19.6 Å². The lowest BCUT2D eigenvalue weighted by molar-refractivity contribution is -0.137. The minimum atomic E-state index is -4.39. The van der Waals surface area contributed by atoms with Gasteiger partial charge in [-0.2, -0.15) is 13.2 Å². The van der Waals surface area contributed by atoms with E-state index in [1.165, 1.54) is 12.3 Å². The minimum Gasteiger partial charge on any atom is -0.461 e. The Hall–Kier alpha value is -2.28. The summed E-state index contributed by atoms with van der Waals surface area (Å²) in [5.41, 5.74) is 0.178. The molecular formula is C16H15F3N2O2. The van der Waals surface area contributed by atoms with E-state index in [2.05, 4.69) is 4.98 Å². The summed E-state index contributed by atoms with van der Waals surface area (Å²) in [5, 5.41) is 0. The molecule has 0 aliphatic carbocycles. The van der Waals surface area contributed by atoms with Gasteiger partial charge in [-0.15, -0.1) is 0 Å². The Balaban J connectivity index is 2.10. The summed E-state index contributed by atoms with van der Waals surface area (Å²) in [6.07, 6.45) is -2.89. The van der Waals surface area contributed by atoms with Crippen molar-refractivity contribution in [1.82, 2.24) is 9.55 Å². The maximum absolute atomic E-state index is 12.9. The molecule has 0 atom stereocenters. The number of hydrogen-bond acceptors (Lipinski definition) is 3. The van der Waals surface area contributed by atoms with Gasteiger partial charge in [-0.05, 0) is 37.3 Å². The Labute approximate surface area is 130 Å². The van der Waals surface area contributed by atoms with E-state index in [9.17, 15) is 13.2 Å². The largest absolute Gasteiger partial charge is 0.461 e. The number of hydrogen-bond donors (Lipinski definition) is 0. The van der Waals surface area contributed by atoms with Gasteiger partial charge in [0.25, 0.3) is 0 Å². The van der Waals surface area contributed by atoms with E-state index in [1.54, 1.807) is 12.1 Å². The zero-order valence-electron chi connectivity index (χ0n) is 12.4. The molecule has 3 rings (SSSR count). The van der Waals surface area contributed by atoms with Gasteiger partial charge in [0.1, 0.15) is 0 Å². The number of alkyl halides is 3. The Kier molecular flexibility index (Phi) is 4.12. The maximum atomic E-state index is 12.9. The van der Waals surface area contributed by atoms with Crippen molar-refractivity contribution in [3.8, 4) is 11.6 Å². The van der Waals surface area contributed by atoms with Crippen molar-refractivity contribution in [3.63, 3.8) is 0 Å². The first kappa shape index (κ1) is 15.6. The fourth-order valence-electron chi connectivity index (χ4n) is 2.43. The number of ether oxygens (including phenoxy) is 1. The Bertz CT molecular complexity index is 792. The van der Waals surface area contributed by atoms with E-state index in [0.717, 1.165) is 12.1 Å². The van der Waals surface area contributed by atoms with Crippen molar-refractivity contribution in [2.75, 3.05) is 13.2 Å². The van der Waals surface area contributed by atoms with E-state index in [1.807, 2.05) is 11.5 Å². The van der Waals surface area contributed by atoms with E-state index in [4.69, 9.17) is 9.15 Å². The highest BCUT2D eigenvalue weighted by atomic mass is 19.4. The van der Waals surface area contributed by atoms with Crippen LogP contribution in [0.25, 0.3) is 22.6 Å². The molecule has 2 heterocycles. The van der Waals surface area contributed by atoms with Gasteiger partial charge in [0.05, 0.1) is 29.5 Å². The molecule has 0 radical (unpaired) electrons. The fraction of sp³-hybridized carbons (Fsp3) is 0.312. The monoisotopic (exact) mass is 324 g/mol. The van der Waals surface area contributed by atoms with Crippen molar-refractivity contribution in [3.05, 3.63) is 42.2 Å². The van der Waals surface area contributed by atoms with E-state index in [0.29, 0.717) is 36.9 Å². The Morgan fingerprint density at radius 2 is 2.09 bits per heavy atom. The Morgan fingerprint density at radius 1 is 1.26 bits per heavy atom. The summed E-state index contributed by atoms with van der Waals surface area (Å²) in [7, 11) is 0. The van der Waals surface area contributed by atoms with Gasteiger partial charge in [-0.25, -0.2) is 4.98 Å². The summed E-state index contributed by atoms with van der Waals surface area (Å²) in [5.74, 6) is 0.996. The lowest BCUT2D eigenvalue weighted by Gasteiger charge is -2.09. The number of nitrogens with zero attached hydrogens (tertiary/aromatic N) is 2. The standard InChI is InChI=1S/C16H15F3N2O2/c1-2-22-9-7-21-13-6-5-11(16(17,18)19)10-12(13)20-15(21)14-4-3-8-23-14/h3-6,8,10H,2,7,9H2,1H3. The molecule has 23 heavy (non-hydrogen) atoms. The summed E-state index contributed by atoms with van der Waals surface area (Å²) in [6.45, 7) is 3.37. The van der Waals surface area contributed by atoms with Gasteiger partial charge in [0.2, 0.25) is 0 Å². The second-order valence-corrected chi connectivity index (χ2v) is 4.96. The third-order valence-electron chi connectivity index (χ3n) is 3.48. The lowest BCUT2D eigenvalue weighted by Crippen LogP contribution is -2.07. The minimum absolute atomic E-state index is 0.280. The number of rotatable bonds is 5. The second kappa shape index (κ2) is 6.08. The van der Waals surface area contributed by atoms with Gasteiger partial charge in [-0.1, -0.05) is 0 Å². The first-order chi connectivity index (χ1) is 11.0. The fourth-order valence-corrected chi connectivity index (χ4v) is 2.43. The van der Waals surface area contributed by atoms with Crippen LogP contribution in [0, 0.1) is 0 Å².